The van der Waals surface area contributed by atoms with Crippen LogP contribution in [0.25, 0.3) is 0 Å². The first-order valence-electron chi connectivity index (χ1n) is 7.16. The quantitative estimate of drug-likeness (QED) is 0.665. The molecule has 0 aliphatic rings. The summed E-state index contributed by atoms with van der Waals surface area (Å²) < 4.78 is 13.8. The van der Waals surface area contributed by atoms with Gasteiger partial charge in [-0.3, -0.25) is 9.78 Å². The fourth-order valence-electron chi connectivity index (χ4n) is 2.08. The van der Waals surface area contributed by atoms with Crippen molar-refractivity contribution < 1.29 is 9.18 Å². The molecule has 0 aliphatic carbocycles. The fraction of sp³-hybridized carbons (Fsp3) is 0. The van der Waals surface area contributed by atoms with E-state index in [-0.39, 0.29) is 17.4 Å². The number of halogens is 2. The SMILES string of the molecule is O=C(Nc1ccc(F)cc1)c1cc(Nc2ccccc2Br)ccn1. The highest BCUT2D eigenvalue weighted by molar-refractivity contribution is 9.10. The standard InChI is InChI=1S/C18H13BrFN3O/c19-15-3-1-2-4-16(15)22-14-9-10-21-17(11-14)18(24)23-13-7-5-12(20)6-8-13/h1-11H,(H,21,22)(H,23,24). The van der Waals surface area contributed by atoms with E-state index >= 15 is 0 Å². The maximum Gasteiger partial charge on any atom is 0.274 e. The number of para-hydroxylation sites is 1. The summed E-state index contributed by atoms with van der Waals surface area (Å²) in [6, 6.07) is 16.7. The molecule has 0 spiro atoms. The molecule has 0 aliphatic heterocycles. The van der Waals surface area contributed by atoms with Gasteiger partial charge in [-0.05, 0) is 64.5 Å². The maximum absolute atomic E-state index is 12.9. The third-order valence-electron chi connectivity index (χ3n) is 3.25. The van der Waals surface area contributed by atoms with Gasteiger partial charge in [0.25, 0.3) is 5.91 Å². The van der Waals surface area contributed by atoms with E-state index in [1.165, 1.54) is 24.3 Å². The van der Waals surface area contributed by atoms with Crippen LogP contribution in [0.15, 0.2) is 71.3 Å². The molecule has 0 saturated carbocycles. The Morgan fingerprint density at radius 2 is 1.75 bits per heavy atom. The Morgan fingerprint density at radius 1 is 1.00 bits per heavy atom. The molecule has 3 rings (SSSR count). The van der Waals surface area contributed by atoms with E-state index < -0.39 is 0 Å². The summed E-state index contributed by atoms with van der Waals surface area (Å²) in [6.45, 7) is 0. The lowest BCUT2D eigenvalue weighted by Gasteiger charge is -2.10. The third kappa shape index (κ3) is 3.97. The highest BCUT2D eigenvalue weighted by Gasteiger charge is 2.09. The average molecular weight is 386 g/mol. The zero-order valence-corrected chi connectivity index (χ0v) is 14.0. The molecular weight excluding hydrogens is 373 g/mol. The zero-order chi connectivity index (χ0) is 16.9. The maximum atomic E-state index is 12.9. The molecule has 0 unspecified atom stereocenters. The summed E-state index contributed by atoms with van der Waals surface area (Å²) in [5.41, 5.74) is 2.39. The minimum Gasteiger partial charge on any atom is -0.354 e. The van der Waals surface area contributed by atoms with Crippen LogP contribution in [0.3, 0.4) is 0 Å². The van der Waals surface area contributed by atoms with E-state index in [4.69, 9.17) is 0 Å². The second kappa shape index (κ2) is 7.23. The summed E-state index contributed by atoms with van der Waals surface area (Å²) in [5, 5.41) is 5.91. The lowest BCUT2D eigenvalue weighted by atomic mass is 10.2. The number of carbonyl (C=O) groups is 1. The molecule has 0 atom stereocenters. The van der Waals surface area contributed by atoms with Crippen molar-refractivity contribution in [3.8, 4) is 0 Å². The largest absolute Gasteiger partial charge is 0.354 e. The average Bonchev–Trinajstić information content (AvgIpc) is 2.59. The van der Waals surface area contributed by atoms with E-state index in [1.807, 2.05) is 24.3 Å². The first-order valence-corrected chi connectivity index (χ1v) is 7.95. The van der Waals surface area contributed by atoms with Crippen molar-refractivity contribution >= 4 is 38.9 Å². The molecule has 0 radical (unpaired) electrons. The minimum absolute atomic E-state index is 0.261. The number of rotatable bonds is 4. The molecule has 0 fully saturated rings. The molecule has 0 saturated heterocycles. The third-order valence-corrected chi connectivity index (χ3v) is 3.94. The Hall–Kier alpha value is -2.73. The van der Waals surface area contributed by atoms with Gasteiger partial charge in [0.05, 0.1) is 5.69 Å². The molecule has 2 N–H and O–H groups in total. The first-order chi connectivity index (χ1) is 11.6. The Balaban J connectivity index is 1.76. The van der Waals surface area contributed by atoms with E-state index in [1.54, 1.807) is 18.3 Å². The van der Waals surface area contributed by atoms with Crippen LogP contribution in [-0.4, -0.2) is 10.9 Å². The molecule has 3 aromatic rings. The monoisotopic (exact) mass is 385 g/mol. The fourth-order valence-corrected chi connectivity index (χ4v) is 2.46. The number of carbonyl (C=O) groups excluding carboxylic acids is 1. The Morgan fingerprint density at radius 3 is 2.50 bits per heavy atom. The van der Waals surface area contributed by atoms with Crippen LogP contribution in [0.5, 0.6) is 0 Å². The van der Waals surface area contributed by atoms with Crippen molar-refractivity contribution in [1.82, 2.24) is 4.98 Å². The van der Waals surface area contributed by atoms with Crippen molar-refractivity contribution in [1.29, 1.82) is 0 Å². The minimum atomic E-state index is -0.364. The van der Waals surface area contributed by atoms with E-state index in [2.05, 4.69) is 31.5 Å². The summed E-state index contributed by atoms with van der Waals surface area (Å²) in [7, 11) is 0. The van der Waals surface area contributed by atoms with Crippen LogP contribution in [0, 0.1) is 5.82 Å². The molecule has 6 heteroatoms. The number of hydrogen-bond acceptors (Lipinski definition) is 3. The molecule has 1 aromatic heterocycles. The lowest BCUT2D eigenvalue weighted by molar-refractivity contribution is 0.102. The Kier molecular flexibility index (Phi) is 4.86. The van der Waals surface area contributed by atoms with Gasteiger partial charge in [-0.2, -0.15) is 0 Å². The van der Waals surface area contributed by atoms with Crippen molar-refractivity contribution in [2.24, 2.45) is 0 Å². The van der Waals surface area contributed by atoms with Gasteiger partial charge in [0, 0.05) is 22.0 Å². The molecule has 4 nitrogen and oxygen atoms in total. The predicted octanol–water partition coefficient (Wildman–Crippen LogP) is 4.98. The Bertz CT molecular complexity index is 868. The zero-order valence-electron chi connectivity index (χ0n) is 12.5. The molecule has 1 amide bonds. The molecule has 0 bridgehead atoms. The molecule has 120 valence electrons. The van der Waals surface area contributed by atoms with Gasteiger partial charge in [-0.15, -0.1) is 0 Å². The topological polar surface area (TPSA) is 54.0 Å². The summed E-state index contributed by atoms with van der Waals surface area (Å²) in [6.07, 6.45) is 1.55. The van der Waals surface area contributed by atoms with Crippen LogP contribution < -0.4 is 10.6 Å². The molecule has 1 heterocycles. The summed E-state index contributed by atoms with van der Waals surface area (Å²) in [4.78, 5) is 16.3. The first kappa shape index (κ1) is 16.1. The van der Waals surface area contributed by atoms with Gasteiger partial charge in [0.15, 0.2) is 0 Å². The lowest BCUT2D eigenvalue weighted by Crippen LogP contribution is -2.13. The second-order valence-corrected chi connectivity index (χ2v) is 5.85. The number of anilines is 3. The number of pyridine rings is 1. The molecule has 24 heavy (non-hydrogen) atoms. The van der Waals surface area contributed by atoms with Gasteiger partial charge in [-0.1, -0.05) is 12.1 Å². The second-order valence-electron chi connectivity index (χ2n) is 5.00. The van der Waals surface area contributed by atoms with Gasteiger partial charge in [0.2, 0.25) is 0 Å². The van der Waals surface area contributed by atoms with Crippen LogP contribution in [0.2, 0.25) is 0 Å². The number of benzene rings is 2. The smallest absolute Gasteiger partial charge is 0.274 e. The van der Waals surface area contributed by atoms with Crippen LogP contribution >= 0.6 is 15.9 Å². The van der Waals surface area contributed by atoms with Crippen molar-refractivity contribution in [2.75, 3.05) is 10.6 Å². The van der Waals surface area contributed by atoms with Gasteiger partial charge in [-0.25, -0.2) is 4.39 Å². The molecular formula is C18H13BrFN3O. The van der Waals surface area contributed by atoms with E-state index in [0.29, 0.717) is 5.69 Å². The van der Waals surface area contributed by atoms with Gasteiger partial charge in [0.1, 0.15) is 11.5 Å². The number of nitrogens with one attached hydrogen (secondary N) is 2. The summed E-state index contributed by atoms with van der Waals surface area (Å²) in [5.74, 6) is -0.719. The van der Waals surface area contributed by atoms with Crippen molar-refractivity contribution in [3.05, 3.63) is 82.8 Å². The predicted molar refractivity (Wildman–Crippen MR) is 96.0 cm³/mol. The van der Waals surface area contributed by atoms with Crippen molar-refractivity contribution in [3.63, 3.8) is 0 Å². The van der Waals surface area contributed by atoms with Gasteiger partial charge >= 0.3 is 0 Å². The van der Waals surface area contributed by atoms with Crippen LogP contribution in [-0.2, 0) is 0 Å². The van der Waals surface area contributed by atoms with Crippen LogP contribution in [0.1, 0.15) is 10.5 Å². The normalized spacial score (nSPS) is 10.2. The van der Waals surface area contributed by atoms with Crippen LogP contribution in [0.4, 0.5) is 21.5 Å². The van der Waals surface area contributed by atoms with E-state index in [0.717, 1.165) is 15.8 Å². The Labute approximate surface area is 146 Å². The number of hydrogen-bond donors (Lipinski definition) is 2. The van der Waals surface area contributed by atoms with E-state index in [9.17, 15) is 9.18 Å². The molecule has 2 aromatic carbocycles. The van der Waals surface area contributed by atoms with Crippen molar-refractivity contribution in [2.45, 2.75) is 0 Å². The number of amides is 1. The number of nitrogens with zero attached hydrogens (tertiary/aromatic N) is 1. The summed E-state index contributed by atoms with van der Waals surface area (Å²) >= 11 is 3.46. The van der Waals surface area contributed by atoms with Gasteiger partial charge < -0.3 is 10.6 Å². The highest BCUT2D eigenvalue weighted by atomic mass is 79.9. The highest BCUT2D eigenvalue weighted by Crippen LogP contribution is 2.25. The number of aromatic nitrogens is 1.